The Morgan fingerprint density at radius 2 is 1.77 bits per heavy atom. The molecule has 3 nitrogen and oxygen atoms in total. The van der Waals surface area contributed by atoms with Gasteiger partial charge < -0.3 is 4.57 Å². The zero-order valence-electron chi connectivity index (χ0n) is 15.2. The van der Waals surface area contributed by atoms with Crippen molar-refractivity contribution in [3.05, 3.63) is 60.3 Å². The van der Waals surface area contributed by atoms with Crippen LogP contribution in [-0.2, 0) is 0 Å². The number of rotatable bonds is 2. The fourth-order valence-electron chi connectivity index (χ4n) is 4.32. The first-order chi connectivity index (χ1) is 12.8. The second kappa shape index (κ2) is 6.24. The summed E-state index contributed by atoms with van der Waals surface area (Å²) in [5.41, 5.74) is 4.50. The number of hydrogen-bond donors (Lipinski definition) is 0. The van der Waals surface area contributed by atoms with Crippen molar-refractivity contribution in [1.82, 2.24) is 14.5 Å². The summed E-state index contributed by atoms with van der Waals surface area (Å²) < 4.78 is 2.47. The molecule has 26 heavy (non-hydrogen) atoms. The molecule has 5 rings (SSSR count). The molecule has 0 radical (unpaired) electrons. The third-order valence-corrected chi connectivity index (χ3v) is 5.67. The van der Waals surface area contributed by atoms with E-state index in [4.69, 9.17) is 9.97 Å². The monoisotopic (exact) mass is 341 g/mol. The third-order valence-electron chi connectivity index (χ3n) is 5.67. The molecular weight excluding hydrogens is 318 g/mol. The van der Waals surface area contributed by atoms with Gasteiger partial charge in [-0.2, -0.15) is 0 Å². The van der Waals surface area contributed by atoms with E-state index >= 15 is 0 Å². The predicted molar refractivity (Wildman–Crippen MR) is 107 cm³/mol. The molecule has 1 aliphatic carbocycles. The normalized spacial score (nSPS) is 15.7. The largest absolute Gasteiger partial charge is 0.320 e. The van der Waals surface area contributed by atoms with Gasteiger partial charge in [0, 0.05) is 17.6 Å². The molecule has 0 saturated heterocycles. The Hall–Kier alpha value is -2.68. The van der Waals surface area contributed by atoms with Crippen LogP contribution in [0.5, 0.6) is 0 Å². The molecule has 1 aliphatic rings. The number of fused-ring (bicyclic) bond motifs is 3. The highest BCUT2D eigenvalue weighted by Gasteiger charge is 2.23. The van der Waals surface area contributed by atoms with Crippen molar-refractivity contribution >= 4 is 21.8 Å². The van der Waals surface area contributed by atoms with E-state index in [-0.39, 0.29) is 0 Å². The molecule has 2 aromatic heterocycles. The third kappa shape index (κ3) is 2.50. The molecule has 0 N–H and O–H groups in total. The van der Waals surface area contributed by atoms with E-state index in [1.54, 1.807) is 0 Å². The summed E-state index contributed by atoms with van der Waals surface area (Å²) in [6, 6.07) is 17.8. The highest BCUT2D eigenvalue weighted by molar-refractivity contribution is 6.05. The van der Waals surface area contributed by atoms with Crippen LogP contribution >= 0.6 is 0 Å². The molecule has 1 saturated carbocycles. The topological polar surface area (TPSA) is 30.7 Å². The van der Waals surface area contributed by atoms with Crippen molar-refractivity contribution in [1.29, 1.82) is 0 Å². The maximum absolute atomic E-state index is 5.12. The maximum atomic E-state index is 5.12. The Bertz CT molecular complexity index is 1070. The van der Waals surface area contributed by atoms with Crippen LogP contribution in [-0.4, -0.2) is 14.5 Å². The van der Waals surface area contributed by atoms with Crippen LogP contribution in [0.15, 0.2) is 54.7 Å². The summed E-state index contributed by atoms with van der Waals surface area (Å²) in [6.07, 6.45) is 8.37. The molecule has 2 aromatic carbocycles. The average Bonchev–Trinajstić information content (AvgIpc) is 3.09. The second-order valence-electron chi connectivity index (χ2n) is 7.47. The quantitative estimate of drug-likeness (QED) is 0.443. The van der Waals surface area contributed by atoms with Gasteiger partial charge in [0.25, 0.3) is 0 Å². The molecule has 3 heteroatoms. The Morgan fingerprint density at radius 1 is 0.923 bits per heavy atom. The molecule has 0 aliphatic heterocycles. The summed E-state index contributed by atoms with van der Waals surface area (Å²) in [4.78, 5) is 9.81. The molecule has 0 bridgehead atoms. The van der Waals surface area contributed by atoms with Crippen molar-refractivity contribution in [3.63, 3.8) is 0 Å². The van der Waals surface area contributed by atoms with Crippen molar-refractivity contribution in [2.24, 2.45) is 0 Å². The molecule has 0 amide bonds. The predicted octanol–water partition coefficient (Wildman–Crippen LogP) is 6.07. The minimum Gasteiger partial charge on any atom is -0.320 e. The van der Waals surface area contributed by atoms with E-state index < -0.39 is 0 Å². The van der Waals surface area contributed by atoms with Gasteiger partial charge in [0.1, 0.15) is 5.69 Å². The summed E-state index contributed by atoms with van der Waals surface area (Å²) in [5.74, 6) is 1.02. The van der Waals surface area contributed by atoms with Gasteiger partial charge in [-0.3, -0.25) is 4.98 Å². The lowest BCUT2D eigenvalue weighted by Crippen LogP contribution is -2.14. The van der Waals surface area contributed by atoms with Crippen molar-refractivity contribution in [2.45, 2.75) is 45.1 Å². The molecule has 130 valence electrons. The summed E-state index contributed by atoms with van der Waals surface area (Å²) in [6.45, 7) is 2.08. The minimum absolute atomic E-state index is 0.521. The Balaban J connectivity index is 1.80. The van der Waals surface area contributed by atoms with Crippen LogP contribution < -0.4 is 0 Å². The van der Waals surface area contributed by atoms with Gasteiger partial charge in [-0.25, -0.2) is 4.98 Å². The molecule has 0 atom stereocenters. The minimum atomic E-state index is 0.521. The number of imidazole rings is 1. The smallest absolute Gasteiger partial charge is 0.160 e. The van der Waals surface area contributed by atoms with E-state index in [1.165, 1.54) is 54.0 Å². The highest BCUT2D eigenvalue weighted by atomic mass is 15.1. The first-order valence-electron chi connectivity index (χ1n) is 9.64. The van der Waals surface area contributed by atoms with Gasteiger partial charge in [0.15, 0.2) is 5.82 Å². The number of hydrogen-bond acceptors (Lipinski definition) is 2. The number of nitrogens with zero attached hydrogens (tertiary/aromatic N) is 3. The Morgan fingerprint density at radius 3 is 2.58 bits per heavy atom. The maximum Gasteiger partial charge on any atom is 0.160 e. The summed E-state index contributed by atoms with van der Waals surface area (Å²) in [7, 11) is 0. The number of pyridine rings is 1. The SMILES string of the molecule is Cc1ccc(-c2nc3c4ccccc4ccc3n2C2CCCCC2)nc1. The van der Waals surface area contributed by atoms with Gasteiger partial charge >= 0.3 is 0 Å². The first-order valence-corrected chi connectivity index (χ1v) is 9.64. The van der Waals surface area contributed by atoms with Crippen molar-refractivity contribution < 1.29 is 0 Å². The second-order valence-corrected chi connectivity index (χ2v) is 7.47. The molecule has 4 aromatic rings. The number of aromatic nitrogens is 3. The van der Waals surface area contributed by atoms with Crippen LogP contribution in [0, 0.1) is 6.92 Å². The van der Waals surface area contributed by atoms with Crippen LogP contribution in [0.4, 0.5) is 0 Å². The van der Waals surface area contributed by atoms with E-state index in [0.29, 0.717) is 6.04 Å². The molecule has 2 heterocycles. The average molecular weight is 341 g/mol. The molecule has 0 unspecified atom stereocenters. The number of aryl methyl sites for hydroxylation is 1. The fraction of sp³-hybridized carbons (Fsp3) is 0.304. The first kappa shape index (κ1) is 15.6. The van der Waals surface area contributed by atoms with Crippen molar-refractivity contribution in [3.8, 4) is 11.5 Å². The molecule has 1 fully saturated rings. The summed E-state index contributed by atoms with van der Waals surface area (Å²) >= 11 is 0. The van der Waals surface area contributed by atoms with Crippen LogP contribution in [0.1, 0.15) is 43.7 Å². The van der Waals surface area contributed by atoms with E-state index in [0.717, 1.165) is 17.0 Å². The van der Waals surface area contributed by atoms with Gasteiger partial charge in [-0.05, 0) is 42.8 Å². The van der Waals surface area contributed by atoms with Gasteiger partial charge in [0.05, 0.1) is 11.0 Å². The van der Waals surface area contributed by atoms with Crippen LogP contribution in [0.2, 0.25) is 0 Å². The number of benzene rings is 2. The van der Waals surface area contributed by atoms with Crippen molar-refractivity contribution in [2.75, 3.05) is 0 Å². The zero-order valence-corrected chi connectivity index (χ0v) is 15.2. The standard InChI is InChI=1S/C23H23N3/c1-16-11-13-20(24-15-16)23-25-22-19-10-6-5-7-17(19)12-14-21(22)26(23)18-8-3-2-4-9-18/h5-7,10-15,18H,2-4,8-9H2,1H3. The molecular formula is C23H23N3. The van der Waals surface area contributed by atoms with E-state index in [1.807, 2.05) is 6.20 Å². The Kier molecular flexibility index (Phi) is 3.74. The van der Waals surface area contributed by atoms with Gasteiger partial charge in [-0.1, -0.05) is 55.7 Å². The lowest BCUT2D eigenvalue weighted by Gasteiger charge is -2.25. The zero-order chi connectivity index (χ0) is 17.5. The lowest BCUT2D eigenvalue weighted by atomic mass is 9.95. The van der Waals surface area contributed by atoms with Crippen LogP contribution in [0.3, 0.4) is 0 Å². The fourth-order valence-corrected chi connectivity index (χ4v) is 4.32. The van der Waals surface area contributed by atoms with Gasteiger partial charge in [0.2, 0.25) is 0 Å². The lowest BCUT2D eigenvalue weighted by molar-refractivity contribution is 0.362. The molecule has 0 spiro atoms. The highest BCUT2D eigenvalue weighted by Crippen LogP contribution is 2.37. The van der Waals surface area contributed by atoms with Crippen LogP contribution in [0.25, 0.3) is 33.3 Å². The van der Waals surface area contributed by atoms with Gasteiger partial charge in [-0.15, -0.1) is 0 Å². The summed E-state index contributed by atoms with van der Waals surface area (Å²) in [5, 5.41) is 2.48. The van der Waals surface area contributed by atoms with E-state index in [9.17, 15) is 0 Å². The van der Waals surface area contributed by atoms with E-state index in [2.05, 4.69) is 60.0 Å². The Labute approximate surface area is 153 Å².